The number of nitriles is 1. The molecule has 2 aliphatic rings. The molecule has 1 saturated carbocycles. The lowest BCUT2D eigenvalue weighted by Crippen LogP contribution is -2.47. The van der Waals surface area contributed by atoms with Crippen molar-refractivity contribution in [3.05, 3.63) is 29.8 Å². The number of carbonyl (C=O) groups excluding carboxylic acids is 1. The first kappa shape index (κ1) is 17.3. The highest BCUT2D eigenvalue weighted by atomic mass is 16.5. The van der Waals surface area contributed by atoms with E-state index in [0.717, 1.165) is 12.8 Å². The minimum Gasteiger partial charge on any atom is -0.489 e. The van der Waals surface area contributed by atoms with E-state index >= 15 is 0 Å². The van der Waals surface area contributed by atoms with E-state index in [1.165, 1.54) is 24.2 Å². The van der Waals surface area contributed by atoms with Gasteiger partial charge in [-0.3, -0.25) is 9.69 Å². The van der Waals surface area contributed by atoms with Gasteiger partial charge in [-0.25, -0.2) is 4.99 Å². The van der Waals surface area contributed by atoms with Crippen molar-refractivity contribution in [1.29, 1.82) is 5.26 Å². The van der Waals surface area contributed by atoms with Gasteiger partial charge in [0.15, 0.2) is 11.5 Å². The van der Waals surface area contributed by atoms with Crippen LogP contribution in [0.1, 0.15) is 44.1 Å². The normalized spacial score (nSPS) is 24.1. The molecule has 0 spiro atoms. The molecular formula is C19H24N4O2. The van der Waals surface area contributed by atoms with Crippen LogP contribution in [-0.4, -0.2) is 36.0 Å². The van der Waals surface area contributed by atoms with E-state index in [4.69, 9.17) is 10.5 Å². The number of likely N-dealkylation sites (N-methyl/N-ethyl adjacent to an activating group) is 1. The summed E-state index contributed by atoms with van der Waals surface area (Å²) in [6, 6.07) is 9.15. The molecule has 132 valence electrons. The van der Waals surface area contributed by atoms with Gasteiger partial charge >= 0.3 is 0 Å². The van der Waals surface area contributed by atoms with Crippen LogP contribution in [0.3, 0.4) is 0 Å². The van der Waals surface area contributed by atoms with Gasteiger partial charge in [-0.15, -0.1) is 0 Å². The quantitative estimate of drug-likeness (QED) is 0.891. The standard InChI is InChI=1S/C19H24N4O2/c1-23-17(24)19(22-18(23)21,11-14-7-3-2-4-8-14)13-25-16-10-6-5-9-15(16)12-20/h5-6,9-10,14H,2-4,7-8,11,13H2,1H3,(H2,21,22). The minimum absolute atomic E-state index is 0.103. The fourth-order valence-electron chi connectivity index (χ4n) is 3.80. The van der Waals surface area contributed by atoms with E-state index in [1.807, 2.05) is 6.07 Å². The molecule has 3 rings (SSSR count). The van der Waals surface area contributed by atoms with Crippen LogP contribution in [0.4, 0.5) is 0 Å². The lowest BCUT2D eigenvalue weighted by Gasteiger charge is -2.31. The number of hydrogen-bond acceptors (Lipinski definition) is 5. The lowest BCUT2D eigenvalue weighted by atomic mass is 9.79. The number of rotatable bonds is 5. The number of hydrogen-bond donors (Lipinski definition) is 1. The number of nitrogens with two attached hydrogens (primary N) is 1. The predicted octanol–water partition coefficient (Wildman–Crippen LogP) is 2.43. The summed E-state index contributed by atoms with van der Waals surface area (Å²) in [5.41, 5.74) is 5.39. The van der Waals surface area contributed by atoms with Crippen molar-refractivity contribution >= 4 is 11.9 Å². The van der Waals surface area contributed by atoms with Crippen molar-refractivity contribution in [3.8, 4) is 11.8 Å². The zero-order valence-corrected chi connectivity index (χ0v) is 14.6. The van der Waals surface area contributed by atoms with Gasteiger partial charge in [-0.2, -0.15) is 5.26 Å². The summed E-state index contributed by atoms with van der Waals surface area (Å²) in [5.74, 6) is 1.04. The second-order valence-electron chi connectivity index (χ2n) is 6.97. The fourth-order valence-corrected chi connectivity index (χ4v) is 3.80. The third-order valence-corrected chi connectivity index (χ3v) is 5.20. The van der Waals surface area contributed by atoms with E-state index in [1.54, 1.807) is 25.2 Å². The Hall–Kier alpha value is -2.55. The molecule has 6 nitrogen and oxygen atoms in total. The second kappa shape index (κ2) is 7.14. The van der Waals surface area contributed by atoms with E-state index < -0.39 is 5.54 Å². The van der Waals surface area contributed by atoms with E-state index in [0.29, 0.717) is 23.7 Å². The van der Waals surface area contributed by atoms with Crippen molar-refractivity contribution in [2.75, 3.05) is 13.7 Å². The monoisotopic (exact) mass is 340 g/mol. The summed E-state index contributed by atoms with van der Waals surface area (Å²) in [6.07, 6.45) is 6.52. The number of ether oxygens (including phenoxy) is 1. The summed E-state index contributed by atoms with van der Waals surface area (Å²) in [5, 5.41) is 9.22. The van der Waals surface area contributed by atoms with Crippen LogP contribution in [0, 0.1) is 17.2 Å². The molecule has 0 radical (unpaired) electrons. The molecule has 1 heterocycles. The number of nitrogens with zero attached hydrogens (tertiary/aromatic N) is 3. The van der Waals surface area contributed by atoms with Gasteiger partial charge in [0.25, 0.3) is 5.91 Å². The average Bonchev–Trinajstić information content (AvgIpc) is 2.85. The molecule has 6 heteroatoms. The van der Waals surface area contributed by atoms with Gasteiger partial charge in [0, 0.05) is 7.05 Å². The van der Waals surface area contributed by atoms with Crippen LogP contribution in [0.5, 0.6) is 5.75 Å². The molecule has 25 heavy (non-hydrogen) atoms. The first-order valence-electron chi connectivity index (χ1n) is 8.81. The van der Waals surface area contributed by atoms with Crippen LogP contribution in [0.2, 0.25) is 0 Å². The Balaban J connectivity index is 1.82. The van der Waals surface area contributed by atoms with Crippen LogP contribution >= 0.6 is 0 Å². The van der Waals surface area contributed by atoms with Crippen molar-refractivity contribution in [2.24, 2.45) is 16.6 Å². The van der Waals surface area contributed by atoms with Crippen molar-refractivity contribution in [1.82, 2.24) is 4.90 Å². The molecule has 1 aliphatic heterocycles. The Morgan fingerprint density at radius 2 is 2.08 bits per heavy atom. The molecule has 1 aromatic rings. The van der Waals surface area contributed by atoms with Gasteiger partial charge in [0.2, 0.25) is 0 Å². The maximum atomic E-state index is 12.9. The highest BCUT2D eigenvalue weighted by molar-refractivity contribution is 6.06. The van der Waals surface area contributed by atoms with Crippen LogP contribution in [0.15, 0.2) is 29.3 Å². The molecule has 1 aliphatic carbocycles. The maximum Gasteiger partial charge on any atom is 0.260 e. The number of amides is 1. The number of guanidine groups is 1. The second-order valence-corrected chi connectivity index (χ2v) is 6.97. The van der Waals surface area contributed by atoms with Gasteiger partial charge in [0.05, 0.1) is 5.56 Å². The van der Waals surface area contributed by atoms with Crippen molar-refractivity contribution in [2.45, 2.75) is 44.1 Å². The number of carbonyl (C=O) groups is 1. The first-order valence-corrected chi connectivity index (χ1v) is 8.81. The summed E-state index contributed by atoms with van der Waals surface area (Å²) >= 11 is 0. The average molecular weight is 340 g/mol. The van der Waals surface area contributed by atoms with Crippen LogP contribution < -0.4 is 10.5 Å². The van der Waals surface area contributed by atoms with Crippen LogP contribution in [-0.2, 0) is 4.79 Å². The topological polar surface area (TPSA) is 91.7 Å². The molecule has 0 saturated heterocycles. The Bertz CT molecular complexity index is 718. The molecule has 1 fully saturated rings. The third-order valence-electron chi connectivity index (χ3n) is 5.20. The summed E-state index contributed by atoms with van der Waals surface area (Å²) < 4.78 is 5.89. The first-order chi connectivity index (χ1) is 12.1. The van der Waals surface area contributed by atoms with Gasteiger partial charge < -0.3 is 10.5 Å². The third kappa shape index (κ3) is 3.46. The SMILES string of the molecule is CN1C(=O)C(COc2ccccc2C#N)(CC2CCCCC2)N=C1N. The summed E-state index contributed by atoms with van der Waals surface area (Å²) in [4.78, 5) is 18.8. The lowest BCUT2D eigenvalue weighted by molar-refractivity contribution is -0.132. The van der Waals surface area contributed by atoms with Gasteiger partial charge in [-0.1, -0.05) is 44.2 Å². The van der Waals surface area contributed by atoms with E-state index in [9.17, 15) is 10.1 Å². The van der Waals surface area contributed by atoms with Crippen molar-refractivity contribution < 1.29 is 9.53 Å². The smallest absolute Gasteiger partial charge is 0.260 e. The zero-order valence-electron chi connectivity index (χ0n) is 14.6. The van der Waals surface area contributed by atoms with Crippen LogP contribution in [0.25, 0.3) is 0 Å². The predicted molar refractivity (Wildman–Crippen MR) is 95.0 cm³/mol. The molecule has 2 N–H and O–H groups in total. The maximum absolute atomic E-state index is 12.9. The number of benzene rings is 1. The molecule has 1 amide bonds. The van der Waals surface area contributed by atoms with Gasteiger partial charge in [-0.05, 0) is 24.5 Å². The zero-order chi connectivity index (χ0) is 17.9. The highest BCUT2D eigenvalue weighted by Crippen LogP contribution is 2.36. The Morgan fingerprint density at radius 3 is 2.72 bits per heavy atom. The molecule has 1 atom stereocenters. The van der Waals surface area contributed by atoms with Crippen molar-refractivity contribution in [3.63, 3.8) is 0 Å². The van der Waals surface area contributed by atoms with E-state index in [2.05, 4.69) is 11.1 Å². The molecule has 1 aromatic carbocycles. The number of aliphatic imine (C=N–C) groups is 1. The Morgan fingerprint density at radius 1 is 1.36 bits per heavy atom. The number of para-hydroxylation sites is 1. The Kier molecular flexibility index (Phi) is 4.93. The minimum atomic E-state index is -0.983. The van der Waals surface area contributed by atoms with Gasteiger partial charge in [0.1, 0.15) is 18.4 Å². The highest BCUT2D eigenvalue weighted by Gasteiger charge is 2.48. The molecular weight excluding hydrogens is 316 g/mol. The molecule has 0 aromatic heterocycles. The molecule has 1 unspecified atom stereocenters. The Labute approximate surface area is 148 Å². The summed E-state index contributed by atoms with van der Waals surface area (Å²) in [7, 11) is 1.65. The largest absolute Gasteiger partial charge is 0.489 e. The summed E-state index contributed by atoms with van der Waals surface area (Å²) in [6.45, 7) is 0.103. The fraction of sp³-hybridized carbons (Fsp3) is 0.526. The van der Waals surface area contributed by atoms with E-state index in [-0.39, 0.29) is 18.5 Å². The molecule has 0 bridgehead atoms.